The van der Waals surface area contributed by atoms with Crippen LogP contribution in [0.1, 0.15) is 50.7 Å². The maximum absolute atomic E-state index is 12.1. The highest BCUT2D eigenvalue weighted by atomic mass is 127. The van der Waals surface area contributed by atoms with E-state index in [0.29, 0.717) is 25.5 Å². The van der Waals surface area contributed by atoms with Gasteiger partial charge in [0.25, 0.3) is 0 Å². The Morgan fingerprint density at radius 1 is 1.30 bits per heavy atom. The molecule has 1 heterocycles. The van der Waals surface area contributed by atoms with Crippen LogP contribution in [-0.2, 0) is 0 Å². The van der Waals surface area contributed by atoms with E-state index < -0.39 is 12.6 Å². The number of aryl methyl sites for hydroxylation is 1. The Bertz CT molecular complexity index is 475. The molecule has 1 atom stereocenters. The zero-order chi connectivity index (χ0) is 16.6. The molecule has 23 heavy (non-hydrogen) atoms. The van der Waals surface area contributed by atoms with Gasteiger partial charge in [-0.15, -0.1) is 24.0 Å². The average Bonchev–Trinajstić information content (AvgIpc) is 2.84. The predicted molar refractivity (Wildman–Crippen MR) is 96.3 cm³/mol. The van der Waals surface area contributed by atoms with E-state index in [1.807, 2.05) is 32.9 Å². The molecule has 0 spiro atoms. The van der Waals surface area contributed by atoms with Crippen molar-refractivity contribution in [3.8, 4) is 0 Å². The molecule has 4 nitrogen and oxygen atoms in total. The Hall–Kier alpha value is -0.930. The second-order valence-corrected chi connectivity index (χ2v) is 5.15. The maximum atomic E-state index is 12.1. The van der Waals surface area contributed by atoms with Crippen LogP contribution in [0.25, 0.3) is 0 Å². The molecular formula is C15H25F3IN3O. The summed E-state index contributed by atoms with van der Waals surface area (Å²) in [7, 11) is 0. The summed E-state index contributed by atoms with van der Waals surface area (Å²) >= 11 is 0. The lowest BCUT2D eigenvalue weighted by molar-refractivity contribution is -0.135. The molecule has 0 aromatic carbocycles. The summed E-state index contributed by atoms with van der Waals surface area (Å²) in [6.07, 6.45) is -4.34. The van der Waals surface area contributed by atoms with E-state index in [2.05, 4.69) is 15.6 Å². The Balaban J connectivity index is 0.00000484. The van der Waals surface area contributed by atoms with Gasteiger partial charge in [0.2, 0.25) is 0 Å². The fourth-order valence-corrected chi connectivity index (χ4v) is 1.91. The molecule has 0 fully saturated rings. The van der Waals surface area contributed by atoms with Crippen molar-refractivity contribution in [3.05, 3.63) is 23.7 Å². The first kappa shape index (κ1) is 22.1. The van der Waals surface area contributed by atoms with E-state index in [1.54, 1.807) is 0 Å². The first-order valence-corrected chi connectivity index (χ1v) is 7.49. The standard InChI is InChI=1S/C15H24F3N3O.HI/c1-4-19-14(20-10-6-5-9-15(16,17)18)21-12(3)13-8-7-11(2)22-13;/h7-8,12H,4-6,9-10H2,1-3H3,(H2,19,20,21);1H. The minimum Gasteiger partial charge on any atom is -0.464 e. The molecule has 0 aliphatic carbocycles. The minimum atomic E-state index is -4.09. The molecule has 0 radical (unpaired) electrons. The normalized spacial score (nSPS) is 13.4. The van der Waals surface area contributed by atoms with Crippen LogP contribution in [0, 0.1) is 6.92 Å². The third-order valence-electron chi connectivity index (χ3n) is 3.02. The second kappa shape index (κ2) is 10.8. The molecule has 1 aromatic rings. The lowest BCUT2D eigenvalue weighted by atomic mass is 10.2. The van der Waals surface area contributed by atoms with Crippen LogP contribution in [0.2, 0.25) is 0 Å². The van der Waals surface area contributed by atoms with Crippen LogP contribution < -0.4 is 10.6 Å². The number of furan rings is 1. The number of halogens is 4. The summed E-state index contributed by atoms with van der Waals surface area (Å²) in [5.41, 5.74) is 0. The van der Waals surface area contributed by atoms with E-state index in [0.717, 1.165) is 11.5 Å². The van der Waals surface area contributed by atoms with E-state index in [-0.39, 0.29) is 36.4 Å². The van der Waals surface area contributed by atoms with Crippen molar-refractivity contribution in [2.75, 3.05) is 13.1 Å². The molecule has 134 valence electrons. The average molecular weight is 447 g/mol. The van der Waals surface area contributed by atoms with Gasteiger partial charge in [0.15, 0.2) is 5.96 Å². The molecule has 0 saturated heterocycles. The third-order valence-corrected chi connectivity index (χ3v) is 3.02. The summed E-state index contributed by atoms with van der Waals surface area (Å²) in [5.74, 6) is 2.20. The van der Waals surface area contributed by atoms with E-state index in [9.17, 15) is 13.2 Å². The number of alkyl halides is 3. The number of hydrogen-bond acceptors (Lipinski definition) is 2. The predicted octanol–water partition coefficient (Wildman–Crippen LogP) is 4.55. The summed E-state index contributed by atoms with van der Waals surface area (Å²) in [6, 6.07) is 3.70. The highest BCUT2D eigenvalue weighted by Crippen LogP contribution is 2.22. The first-order chi connectivity index (χ1) is 10.3. The molecule has 1 aromatic heterocycles. The number of nitrogens with zero attached hydrogens (tertiary/aromatic N) is 1. The van der Waals surface area contributed by atoms with Crippen molar-refractivity contribution in [1.82, 2.24) is 10.6 Å². The van der Waals surface area contributed by atoms with Crippen molar-refractivity contribution < 1.29 is 17.6 Å². The van der Waals surface area contributed by atoms with Gasteiger partial charge >= 0.3 is 6.18 Å². The zero-order valence-corrected chi connectivity index (χ0v) is 16.0. The number of aliphatic imine (C=N–C) groups is 1. The Kier molecular flexibility index (Phi) is 10.3. The molecular weight excluding hydrogens is 422 g/mol. The number of hydrogen-bond donors (Lipinski definition) is 2. The highest BCUT2D eigenvalue weighted by Gasteiger charge is 2.25. The number of unbranched alkanes of at least 4 members (excludes halogenated alkanes) is 1. The van der Waals surface area contributed by atoms with Gasteiger partial charge in [-0.05, 0) is 45.7 Å². The largest absolute Gasteiger partial charge is 0.464 e. The van der Waals surface area contributed by atoms with Crippen LogP contribution >= 0.6 is 24.0 Å². The number of guanidine groups is 1. The van der Waals surface area contributed by atoms with Gasteiger partial charge in [0, 0.05) is 19.5 Å². The molecule has 8 heteroatoms. The quantitative estimate of drug-likeness (QED) is 0.279. The van der Waals surface area contributed by atoms with Gasteiger partial charge < -0.3 is 15.1 Å². The summed E-state index contributed by atoms with van der Waals surface area (Å²) in [4.78, 5) is 4.29. The third kappa shape index (κ3) is 9.72. The molecule has 0 aliphatic heterocycles. The van der Waals surface area contributed by atoms with Crippen molar-refractivity contribution in [3.63, 3.8) is 0 Å². The van der Waals surface area contributed by atoms with Gasteiger partial charge in [-0.1, -0.05) is 0 Å². The zero-order valence-electron chi connectivity index (χ0n) is 13.7. The molecule has 1 rings (SSSR count). The van der Waals surface area contributed by atoms with Crippen LogP contribution in [-0.4, -0.2) is 25.2 Å². The summed E-state index contributed by atoms with van der Waals surface area (Å²) < 4.78 is 41.7. The van der Waals surface area contributed by atoms with Crippen molar-refractivity contribution in [1.29, 1.82) is 0 Å². The van der Waals surface area contributed by atoms with E-state index in [1.165, 1.54) is 0 Å². The van der Waals surface area contributed by atoms with E-state index in [4.69, 9.17) is 4.42 Å². The molecule has 2 N–H and O–H groups in total. The number of rotatable bonds is 7. The first-order valence-electron chi connectivity index (χ1n) is 7.49. The maximum Gasteiger partial charge on any atom is 0.389 e. The van der Waals surface area contributed by atoms with Gasteiger partial charge in [-0.2, -0.15) is 13.2 Å². The smallest absolute Gasteiger partial charge is 0.389 e. The molecule has 0 saturated carbocycles. The second-order valence-electron chi connectivity index (χ2n) is 5.15. The molecule has 0 bridgehead atoms. The van der Waals surface area contributed by atoms with Crippen molar-refractivity contribution >= 4 is 29.9 Å². The fourth-order valence-electron chi connectivity index (χ4n) is 1.91. The molecule has 1 unspecified atom stereocenters. The topological polar surface area (TPSA) is 49.6 Å². The minimum absolute atomic E-state index is 0. The summed E-state index contributed by atoms with van der Waals surface area (Å²) in [5, 5.41) is 6.25. The lowest BCUT2D eigenvalue weighted by Crippen LogP contribution is -2.38. The van der Waals surface area contributed by atoms with Gasteiger partial charge in [0.05, 0.1) is 6.04 Å². The SMILES string of the molecule is CCNC(=NCCCCC(F)(F)F)NC(C)c1ccc(C)o1.I. The lowest BCUT2D eigenvalue weighted by Gasteiger charge is -2.16. The van der Waals surface area contributed by atoms with Crippen LogP contribution in [0.5, 0.6) is 0 Å². The highest BCUT2D eigenvalue weighted by molar-refractivity contribution is 14.0. The van der Waals surface area contributed by atoms with Crippen molar-refractivity contribution in [2.45, 2.75) is 52.3 Å². The van der Waals surface area contributed by atoms with Crippen molar-refractivity contribution in [2.24, 2.45) is 4.99 Å². The Morgan fingerprint density at radius 2 is 2.00 bits per heavy atom. The number of nitrogens with one attached hydrogen (secondary N) is 2. The fraction of sp³-hybridized carbons (Fsp3) is 0.667. The van der Waals surface area contributed by atoms with Crippen LogP contribution in [0.4, 0.5) is 13.2 Å². The molecule has 0 aliphatic rings. The van der Waals surface area contributed by atoms with Crippen LogP contribution in [0.3, 0.4) is 0 Å². The Morgan fingerprint density at radius 3 is 2.52 bits per heavy atom. The van der Waals surface area contributed by atoms with Gasteiger partial charge in [0.1, 0.15) is 11.5 Å². The van der Waals surface area contributed by atoms with E-state index >= 15 is 0 Å². The van der Waals surface area contributed by atoms with Crippen LogP contribution in [0.15, 0.2) is 21.5 Å². The Labute approximate surface area is 152 Å². The van der Waals surface area contributed by atoms with Gasteiger partial charge in [-0.3, -0.25) is 4.99 Å². The summed E-state index contributed by atoms with van der Waals surface area (Å²) in [6.45, 7) is 6.78. The van der Waals surface area contributed by atoms with Gasteiger partial charge in [-0.25, -0.2) is 0 Å². The molecule has 0 amide bonds. The monoisotopic (exact) mass is 447 g/mol.